The summed E-state index contributed by atoms with van der Waals surface area (Å²) in [6, 6.07) is 15.0. The van der Waals surface area contributed by atoms with Gasteiger partial charge in [0, 0.05) is 9.79 Å². The molecule has 2 nitrogen and oxygen atoms in total. The predicted molar refractivity (Wildman–Crippen MR) is 92.5 cm³/mol. The standard InChI is InChI=1S/C19H23NOS/c1-14-12-15(13-21)6-7-18(14)22-19-5-3-2-4-17(19)16-8-10-20-11-9-16/h2-7,12,16,20-21H,8-11,13H2,1H3. The molecule has 2 aromatic rings. The summed E-state index contributed by atoms with van der Waals surface area (Å²) in [5.41, 5.74) is 3.70. The summed E-state index contributed by atoms with van der Waals surface area (Å²) in [5, 5.41) is 12.7. The smallest absolute Gasteiger partial charge is 0.0681 e. The second kappa shape index (κ2) is 7.32. The zero-order chi connectivity index (χ0) is 15.4. The van der Waals surface area contributed by atoms with E-state index in [4.69, 9.17) is 0 Å². The zero-order valence-electron chi connectivity index (χ0n) is 13.0. The van der Waals surface area contributed by atoms with Gasteiger partial charge in [-0.15, -0.1) is 0 Å². The van der Waals surface area contributed by atoms with Crippen molar-refractivity contribution in [2.75, 3.05) is 13.1 Å². The Morgan fingerprint density at radius 2 is 1.86 bits per heavy atom. The number of hydrogen-bond acceptors (Lipinski definition) is 3. The Hall–Kier alpha value is -1.29. The van der Waals surface area contributed by atoms with Crippen LogP contribution in [0.15, 0.2) is 52.3 Å². The first kappa shape index (κ1) is 15.6. The van der Waals surface area contributed by atoms with Gasteiger partial charge in [0.2, 0.25) is 0 Å². The summed E-state index contributed by atoms with van der Waals surface area (Å²) >= 11 is 1.85. The fourth-order valence-corrected chi connectivity index (χ4v) is 4.18. The lowest BCUT2D eigenvalue weighted by atomic mass is 9.90. The highest BCUT2D eigenvalue weighted by atomic mass is 32.2. The van der Waals surface area contributed by atoms with Gasteiger partial charge in [0.15, 0.2) is 0 Å². The van der Waals surface area contributed by atoms with Crippen molar-refractivity contribution < 1.29 is 5.11 Å². The van der Waals surface area contributed by atoms with Crippen LogP contribution in [0.3, 0.4) is 0 Å². The van der Waals surface area contributed by atoms with E-state index >= 15 is 0 Å². The van der Waals surface area contributed by atoms with Gasteiger partial charge in [-0.3, -0.25) is 0 Å². The van der Waals surface area contributed by atoms with Crippen LogP contribution in [0.2, 0.25) is 0 Å². The third-order valence-electron chi connectivity index (χ3n) is 4.34. The highest BCUT2D eigenvalue weighted by molar-refractivity contribution is 7.99. The molecule has 1 aliphatic rings. The van der Waals surface area contributed by atoms with E-state index in [2.05, 4.69) is 48.6 Å². The van der Waals surface area contributed by atoms with E-state index in [0.29, 0.717) is 5.92 Å². The average Bonchev–Trinajstić information content (AvgIpc) is 2.58. The Balaban J connectivity index is 1.86. The van der Waals surface area contributed by atoms with Gasteiger partial charge in [0.25, 0.3) is 0 Å². The van der Waals surface area contributed by atoms with Gasteiger partial charge in [0.05, 0.1) is 6.61 Å². The van der Waals surface area contributed by atoms with Crippen molar-refractivity contribution in [3.8, 4) is 0 Å². The van der Waals surface area contributed by atoms with Crippen molar-refractivity contribution in [3.63, 3.8) is 0 Å². The molecule has 0 bridgehead atoms. The fourth-order valence-electron chi connectivity index (χ4n) is 3.09. The second-order valence-electron chi connectivity index (χ2n) is 5.92. The van der Waals surface area contributed by atoms with Gasteiger partial charge in [-0.25, -0.2) is 0 Å². The van der Waals surface area contributed by atoms with Gasteiger partial charge in [-0.2, -0.15) is 0 Å². The third kappa shape index (κ3) is 3.54. The first-order valence-electron chi connectivity index (χ1n) is 7.96. The van der Waals surface area contributed by atoms with Crippen LogP contribution in [0.4, 0.5) is 0 Å². The quantitative estimate of drug-likeness (QED) is 0.891. The van der Waals surface area contributed by atoms with Crippen LogP contribution < -0.4 is 5.32 Å². The molecular formula is C19H23NOS. The number of nitrogens with one attached hydrogen (secondary N) is 1. The molecule has 0 atom stereocenters. The SMILES string of the molecule is Cc1cc(CO)ccc1Sc1ccccc1C1CCNCC1. The first-order valence-corrected chi connectivity index (χ1v) is 8.77. The minimum Gasteiger partial charge on any atom is -0.392 e. The monoisotopic (exact) mass is 313 g/mol. The molecule has 2 aromatic carbocycles. The van der Waals surface area contributed by atoms with Crippen molar-refractivity contribution in [1.29, 1.82) is 0 Å². The molecule has 3 rings (SSSR count). The molecule has 2 N–H and O–H groups in total. The number of aliphatic hydroxyl groups is 1. The molecule has 0 spiro atoms. The number of rotatable bonds is 4. The van der Waals surface area contributed by atoms with Crippen LogP contribution >= 0.6 is 11.8 Å². The van der Waals surface area contributed by atoms with Gasteiger partial charge in [-0.05, 0) is 67.6 Å². The lowest BCUT2D eigenvalue weighted by Crippen LogP contribution is -2.26. The summed E-state index contributed by atoms with van der Waals surface area (Å²) in [6.45, 7) is 4.47. The highest BCUT2D eigenvalue weighted by Crippen LogP contribution is 2.38. The molecule has 0 radical (unpaired) electrons. The van der Waals surface area contributed by atoms with Crippen LogP contribution in [-0.4, -0.2) is 18.2 Å². The molecule has 0 unspecified atom stereocenters. The van der Waals surface area contributed by atoms with Crippen molar-refractivity contribution in [2.45, 2.75) is 42.1 Å². The number of benzene rings is 2. The Kier molecular flexibility index (Phi) is 5.19. The average molecular weight is 313 g/mol. The highest BCUT2D eigenvalue weighted by Gasteiger charge is 2.18. The zero-order valence-corrected chi connectivity index (χ0v) is 13.8. The Labute approximate surface area is 137 Å². The molecule has 22 heavy (non-hydrogen) atoms. The van der Waals surface area contributed by atoms with Gasteiger partial charge >= 0.3 is 0 Å². The molecule has 1 aliphatic heterocycles. The lowest BCUT2D eigenvalue weighted by Gasteiger charge is -2.25. The van der Waals surface area contributed by atoms with Crippen molar-refractivity contribution in [2.24, 2.45) is 0 Å². The number of aryl methyl sites for hydroxylation is 1. The van der Waals surface area contributed by atoms with Gasteiger partial charge in [-0.1, -0.05) is 42.1 Å². The van der Waals surface area contributed by atoms with E-state index in [0.717, 1.165) is 18.7 Å². The molecule has 0 saturated carbocycles. The molecule has 1 fully saturated rings. The van der Waals surface area contributed by atoms with E-state index < -0.39 is 0 Å². The van der Waals surface area contributed by atoms with Crippen molar-refractivity contribution in [3.05, 3.63) is 59.2 Å². The van der Waals surface area contributed by atoms with Crippen LogP contribution in [0, 0.1) is 6.92 Å². The maximum absolute atomic E-state index is 9.24. The molecule has 0 aliphatic carbocycles. The van der Waals surface area contributed by atoms with E-state index in [1.54, 1.807) is 0 Å². The molecule has 1 heterocycles. The van der Waals surface area contributed by atoms with E-state index in [9.17, 15) is 5.11 Å². The molecule has 0 aromatic heterocycles. The second-order valence-corrected chi connectivity index (χ2v) is 7.01. The van der Waals surface area contributed by atoms with Crippen LogP contribution in [-0.2, 0) is 6.61 Å². The number of hydrogen-bond donors (Lipinski definition) is 2. The summed E-state index contributed by atoms with van der Waals surface area (Å²) in [6.07, 6.45) is 2.44. The summed E-state index contributed by atoms with van der Waals surface area (Å²) in [4.78, 5) is 2.65. The Morgan fingerprint density at radius 3 is 2.59 bits per heavy atom. The van der Waals surface area contributed by atoms with Crippen molar-refractivity contribution >= 4 is 11.8 Å². The third-order valence-corrected chi connectivity index (χ3v) is 5.61. The van der Waals surface area contributed by atoms with Crippen LogP contribution in [0.5, 0.6) is 0 Å². The normalized spacial score (nSPS) is 15.9. The predicted octanol–water partition coefficient (Wildman–Crippen LogP) is 4.11. The molecule has 1 saturated heterocycles. The number of piperidine rings is 1. The maximum Gasteiger partial charge on any atom is 0.0681 e. The van der Waals surface area contributed by atoms with Gasteiger partial charge < -0.3 is 10.4 Å². The fraction of sp³-hybridized carbons (Fsp3) is 0.368. The van der Waals surface area contributed by atoms with Gasteiger partial charge in [0.1, 0.15) is 0 Å². The van der Waals surface area contributed by atoms with E-state index in [1.807, 2.05) is 17.8 Å². The molecule has 0 amide bonds. The van der Waals surface area contributed by atoms with Crippen LogP contribution in [0.1, 0.15) is 35.4 Å². The van der Waals surface area contributed by atoms with Crippen molar-refractivity contribution in [1.82, 2.24) is 5.32 Å². The molecule has 116 valence electrons. The van der Waals surface area contributed by atoms with Crippen LogP contribution in [0.25, 0.3) is 0 Å². The Morgan fingerprint density at radius 1 is 1.09 bits per heavy atom. The minimum absolute atomic E-state index is 0.109. The molecular weight excluding hydrogens is 290 g/mol. The largest absolute Gasteiger partial charge is 0.392 e. The summed E-state index contributed by atoms with van der Waals surface area (Å²) in [5.74, 6) is 0.668. The van der Waals surface area contributed by atoms with E-state index in [1.165, 1.54) is 33.8 Å². The first-order chi connectivity index (χ1) is 10.8. The molecule has 3 heteroatoms. The topological polar surface area (TPSA) is 32.3 Å². The summed E-state index contributed by atoms with van der Waals surface area (Å²) < 4.78 is 0. The Bertz CT molecular complexity index is 635. The minimum atomic E-state index is 0.109. The number of aliphatic hydroxyl groups excluding tert-OH is 1. The van der Waals surface area contributed by atoms with E-state index in [-0.39, 0.29) is 6.61 Å². The summed E-state index contributed by atoms with van der Waals surface area (Å²) in [7, 11) is 0. The maximum atomic E-state index is 9.24. The lowest BCUT2D eigenvalue weighted by molar-refractivity contribution is 0.281.